The van der Waals surface area contributed by atoms with Crippen molar-refractivity contribution in [2.75, 3.05) is 17.9 Å². The lowest BCUT2D eigenvalue weighted by Crippen LogP contribution is -2.14. The van der Waals surface area contributed by atoms with E-state index in [1.807, 2.05) is 22.8 Å². The quantitative estimate of drug-likeness (QED) is 0.448. The van der Waals surface area contributed by atoms with Gasteiger partial charge in [-0.1, -0.05) is 29.4 Å². The fourth-order valence-electron chi connectivity index (χ4n) is 2.80. The van der Waals surface area contributed by atoms with Gasteiger partial charge < -0.3 is 14.8 Å². The van der Waals surface area contributed by atoms with E-state index in [0.717, 1.165) is 5.56 Å². The molecule has 0 radical (unpaired) electrons. The molecule has 1 aliphatic rings. The van der Waals surface area contributed by atoms with E-state index >= 15 is 0 Å². The van der Waals surface area contributed by atoms with Gasteiger partial charge >= 0.3 is 0 Å². The molecule has 7 nitrogen and oxygen atoms in total. The maximum atomic E-state index is 12.3. The fourth-order valence-corrected chi connectivity index (χ4v) is 3.67. The number of ether oxygens (including phenoxy) is 2. The van der Waals surface area contributed by atoms with Crippen molar-refractivity contribution < 1.29 is 14.3 Å². The molecule has 4 rings (SSSR count). The number of allylic oxidation sites excluding steroid dienone is 1. The molecule has 29 heavy (non-hydrogen) atoms. The molecule has 1 amide bonds. The van der Waals surface area contributed by atoms with Gasteiger partial charge in [-0.3, -0.25) is 9.36 Å². The number of hydrogen-bond donors (Lipinski definition) is 1. The second-order valence-electron chi connectivity index (χ2n) is 6.12. The fraction of sp³-hybridized carbons (Fsp3) is 0.150. The van der Waals surface area contributed by atoms with Crippen LogP contribution in [0.5, 0.6) is 11.5 Å². The van der Waals surface area contributed by atoms with Crippen molar-refractivity contribution in [2.24, 2.45) is 0 Å². The molecule has 1 aromatic heterocycles. The summed E-state index contributed by atoms with van der Waals surface area (Å²) in [5.74, 6) is 2.10. The van der Waals surface area contributed by atoms with Gasteiger partial charge in [-0.15, -0.1) is 16.8 Å². The van der Waals surface area contributed by atoms with Crippen LogP contribution >= 0.6 is 23.4 Å². The average Bonchev–Trinajstić information content (AvgIpc) is 3.35. The van der Waals surface area contributed by atoms with E-state index in [1.54, 1.807) is 30.3 Å². The summed E-state index contributed by atoms with van der Waals surface area (Å²) in [6.07, 6.45) is 1.76. The van der Waals surface area contributed by atoms with E-state index in [4.69, 9.17) is 21.1 Å². The molecular formula is C20H17ClN4O3S. The van der Waals surface area contributed by atoms with E-state index in [1.165, 1.54) is 11.8 Å². The van der Waals surface area contributed by atoms with E-state index in [2.05, 4.69) is 22.1 Å². The first-order valence-corrected chi connectivity index (χ1v) is 10.1. The highest BCUT2D eigenvalue weighted by Crippen LogP contribution is 2.36. The van der Waals surface area contributed by atoms with Crippen LogP contribution in [0.4, 0.5) is 5.69 Å². The Kier molecular flexibility index (Phi) is 5.73. The molecule has 1 aliphatic heterocycles. The molecule has 0 fully saturated rings. The normalized spacial score (nSPS) is 12.0. The lowest BCUT2D eigenvalue weighted by Gasteiger charge is -2.09. The number of hydrogen-bond acceptors (Lipinski definition) is 6. The van der Waals surface area contributed by atoms with Gasteiger partial charge in [0.25, 0.3) is 0 Å². The van der Waals surface area contributed by atoms with Crippen molar-refractivity contribution in [3.8, 4) is 22.9 Å². The third-order valence-electron chi connectivity index (χ3n) is 4.12. The highest BCUT2D eigenvalue weighted by Gasteiger charge is 2.19. The predicted molar refractivity (Wildman–Crippen MR) is 113 cm³/mol. The number of benzene rings is 2. The number of aromatic nitrogens is 3. The number of nitrogens with zero attached hydrogens (tertiary/aromatic N) is 3. The second-order valence-corrected chi connectivity index (χ2v) is 7.50. The van der Waals surface area contributed by atoms with Crippen molar-refractivity contribution in [2.45, 2.75) is 11.7 Å². The van der Waals surface area contributed by atoms with Crippen LogP contribution in [-0.2, 0) is 11.3 Å². The van der Waals surface area contributed by atoms with Gasteiger partial charge in [-0.25, -0.2) is 0 Å². The summed E-state index contributed by atoms with van der Waals surface area (Å²) in [4.78, 5) is 12.3. The molecule has 1 N–H and O–H groups in total. The molecule has 0 aliphatic carbocycles. The van der Waals surface area contributed by atoms with Crippen LogP contribution in [0.3, 0.4) is 0 Å². The number of halogens is 1. The molecule has 2 heterocycles. The van der Waals surface area contributed by atoms with Crippen molar-refractivity contribution >= 4 is 35.0 Å². The predicted octanol–water partition coefficient (Wildman–Crippen LogP) is 4.24. The van der Waals surface area contributed by atoms with E-state index in [-0.39, 0.29) is 18.5 Å². The molecule has 0 atom stereocenters. The van der Waals surface area contributed by atoms with Gasteiger partial charge in [0.05, 0.1) is 5.75 Å². The minimum Gasteiger partial charge on any atom is -0.454 e. The first kappa shape index (κ1) is 19.4. The molecule has 0 bridgehead atoms. The molecule has 0 unspecified atom stereocenters. The van der Waals surface area contributed by atoms with Crippen LogP contribution in [0, 0.1) is 0 Å². The average molecular weight is 429 g/mol. The number of nitrogens with one attached hydrogen (secondary N) is 1. The second kappa shape index (κ2) is 8.59. The molecule has 9 heteroatoms. The zero-order valence-corrected chi connectivity index (χ0v) is 16.9. The topological polar surface area (TPSA) is 78.3 Å². The Morgan fingerprint density at radius 1 is 1.21 bits per heavy atom. The highest BCUT2D eigenvalue weighted by atomic mass is 35.5. The van der Waals surface area contributed by atoms with Crippen molar-refractivity contribution in [3.05, 3.63) is 60.1 Å². The summed E-state index contributed by atoms with van der Waals surface area (Å²) in [6.45, 7) is 4.53. The highest BCUT2D eigenvalue weighted by molar-refractivity contribution is 7.99. The van der Waals surface area contributed by atoms with Crippen molar-refractivity contribution in [1.29, 1.82) is 0 Å². The van der Waals surface area contributed by atoms with Crippen LogP contribution < -0.4 is 14.8 Å². The van der Waals surface area contributed by atoms with E-state index in [9.17, 15) is 4.79 Å². The zero-order chi connectivity index (χ0) is 20.2. The van der Waals surface area contributed by atoms with Gasteiger partial charge in [0.1, 0.15) is 0 Å². The maximum Gasteiger partial charge on any atom is 0.234 e. The Balaban J connectivity index is 1.48. The number of rotatable bonds is 7. The minimum absolute atomic E-state index is 0.143. The Hall–Kier alpha value is -2.97. The van der Waals surface area contributed by atoms with Gasteiger partial charge in [-0.05, 0) is 42.5 Å². The molecule has 148 valence electrons. The van der Waals surface area contributed by atoms with E-state index in [0.29, 0.717) is 39.7 Å². The van der Waals surface area contributed by atoms with E-state index < -0.39 is 0 Å². The molecule has 2 aromatic carbocycles. The summed E-state index contributed by atoms with van der Waals surface area (Å²) in [6, 6.07) is 12.6. The van der Waals surface area contributed by atoms with Crippen molar-refractivity contribution in [3.63, 3.8) is 0 Å². The summed E-state index contributed by atoms with van der Waals surface area (Å²) in [5, 5.41) is 12.6. The van der Waals surface area contributed by atoms with Gasteiger partial charge in [0.15, 0.2) is 22.5 Å². The first-order chi connectivity index (χ1) is 14.1. The summed E-state index contributed by atoms with van der Waals surface area (Å²) >= 11 is 7.17. The third-order valence-corrected chi connectivity index (χ3v) is 5.34. The molecule has 0 saturated heterocycles. The zero-order valence-electron chi connectivity index (χ0n) is 15.3. The first-order valence-electron chi connectivity index (χ1n) is 8.76. The largest absolute Gasteiger partial charge is 0.454 e. The molecular weight excluding hydrogens is 412 g/mol. The summed E-state index contributed by atoms with van der Waals surface area (Å²) < 4.78 is 12.7. The Morgan fingerprint density at radius 3 is 2.79 bits per heavy atom. The monoisotopic (exact) mass is 428 g/mol. The number of anilines is 1. The lowest BCUT2D eigenvalue weighted by molar-refractivity contribution is -0.113. The smallest absolute Gasteiger partial charge is 0.234 e. The molecule has 3 aromatic rings. The van der Waals surface area contributed by atoms with Crippen molar-refractivity contribution in [1.82, 2.24) is 14.8 Å². The standard InChI is InChI=1S/C20H17ClN4O3S/c1-2-9-25-19(13-3-8-16-17(10-13)28-12-27-16)23-24-20(25)29-11-18(26)22-15-6-4-14(21)5-7-15/h2-8,10H,1,9,11-12H2,(H,22,26). The number of fused-ring (bicyclic) bond motifs is 1. The third kappa shape index (κ3) is 4.38. The Morgan fingerprint density at radius 2 is 2.00 bits per heavy atom. The van der Waals surface area contributed by atoms with Crippen LogP contribution in [0.15, 0.2) is 60.3 Å². The Labute approximate surface area is 176 Å². The van der Waals surface area contributed by atoms with Gasteiger partial charge in [0, 0.05) is 22.8 Å². The summed E-state index contributed by atoms with van der Waals surface area (Å²) in [5.41, 5.74) is 1.54. The number of carbonyl (C=O) groups excluding carboxylic acids is 1. The van der Waals surface area contributed by atoms with Crippen LogP contribution in [0.1, 0.15) is 0 Å². The van der Waals surface area contributed by atoms with Gasteiger partial charge in [0.2, 0.25) is 12.7 Å². The Bertz CT molecular complexity index is 1050. The number of amides is 1. The number of carbonyl (C=O) groups is 1. The number of thioether (sulfide) groups is 1. The lowest BCUT2D eigenvalue weighted by atomic mass is 10.2. The minimum atomic E-state index is -0.143. The maximum absolute atomic E-state index is 12.3. The van der Waals surface area contributed by atoms with Crippen LogP contribution in [0.25, 0.3) is 11.4 Å². The van der Waals surface area contributed by atoms with Crippen LogP contribution in [0.2, 0.25) is 5.02 Å². The molecule has 0 saturated carbocycles. The SMILES string of the molecule is C=CCn1c(SCC(=O)Nc2ccc(Cl)cc2)nnc1-c1ccc2c(c1)OCO2. The molecule has 0 spiro atoms. The van der Waals surface area contributed by atoms with Gasteiger partial charge in [-0.2, -0.15) is 0 Å². The van der Waals surface area contributed by atoms with Crippen LogP contribution in [-0.4, -0.2) is 33.2 Å². The summed E-state index contributed by atoms with van der Waals surface area (Å²) in [7, 11) is 0.